The number of hydrogen-bond acceptors (Lipinski definition) is 3. The lowest BCUT2D eigenvalue weighted by molar-refractivity contribution is 0.262. The third-order valence-corrected chi connectivity index (χ3v) is 4.54. The molecule has 3 aromatic rings. The van der Waals surface area contributed by atoms with Gasteiger partial charge in [0.2, 0.25) is 0 Å². The number of amides is 2. The average molecular weight is 368 g/mol. The molecule has 0 fully saturated rings. The van der Waals surface area contributed by atoms with Crippen molar-refractivity contribution in [2.24, 2.45) is 0 Å². The lowest BCUT2D eigenvalue weighted by Gasteiger charge is -2.11. The van der Waals surface area contributed by atoms with E-state index in [2.05, 4.69) is 10.6 Å². The Morgan fingerprint density at radius 3 is 2.12 bits per heavy atom. The van der Waals surface area contributed by atoms with E-state index in [1.165, 1.54) is 12.1 Å². The van der Waals surface area contributed by atoms with Crippen molar-refractivity contribution in [2.45, 2.75) is 4.90 Å². The van der Waals surface area contributed by atoms with Gasteiger partial charge in [-0.25, -0.2) is 4.79 Å². The van der Waals surface area contributed by atoms with E-state index in [1.54, 1.807) is 48.5 Å². The zero-order valence-corrected chi connectivity index (χ0v) is 14.4. The number of para-hydroxylation sites is 1. The molecule has 26 heavy (non-hydrogen) atoms. The molecule has 0 heterocycles. The molecule has 7 heteroatoms. The van der Waals surface area contributed by atoms with Crippen LogP contribution in [0.4, 0.5) is 16.2 Å². The maximum absolute atomic E-state index is 12.1. The Kier molecular flexibility index (Phi) is 5.01. The van der Waals surface area contributed by atoms with Crippen molar-refractivity contribution in [3.05, 3.63) is 78.9 Å². The van der Waals surface area contributed by atoms with Gasteiger partial charge in [0.25, 0.3) is 10.1 Å². The molecule has 0 aromatic heterocycles. The van der Waals surface area contributed by atoms with Gasteiger partial charge in [-0.15, -0.1) is 0 Å². The van der Waals surface area contributed by atoms with Crippen LogP contribution >= 0.6 is 0 Å². The Balaban J connectivity index is 1.85. The van der Waals surface area contributed by atoms with Crippen molar-refractivity contribution in [3.63, 3.8) is 0 Å². The standard InChI is InChI=1S/C19H16N2O4S/c22-19(20-15-8-2-1-3-9-15)21-16-10-6-7-14(13-16)17-11-4-5-12-18(17)26(23,24)25/h1-13H,(H2,20,21,22)(H,23,24,25). The third-order valence-electron chi connectivity index (χ3n) is 3.63. The predicted octanol–water partition coefficient (Wildman–Crippen LogP) is 4.24. The topological polar surface area (TPSA) is 95.5 Å². The summed E-state index contributed by atoms with van der Waals surface area (Å²) >= 11 is 0. The van der Waals surface area contributed by atoms with Crippen molar-refractivity contribution in [2.75, 3.05) is 10.6 Å². The minimum Gasteiger partial charge on any atom is -0.308 e. The lowest BCUT2D eigenvalue weighted by atomic mass is 10.1. The van der Waals surface area contributed by atoms with Gasteiger partial charge in [0.05, 0.1) is 0 Å². The van der Waals surface area contributed by atoms with Gasteiger partial charge in [0.15, 0.2) is 0 Å². The predicted molar refractivity (Wildman–Crippen MR) is 101 cm³/mol. The molecule has 0 unspecified atom stereocenters. The van der Waals surface area contributed by atoms with Crippen LogP contribution in [-0.4, -0.2) is 19.0 Å². The Morgan fingerprint density at radius 2 is 1.38 bits per heavy atom. The van der Waals surface area contributed by atoms with Crippen molar-refractivity contribution in [1.82, 2.24) is 0 Å². The van der Waals surface area contributed by atoms with Crippen LogP contribution in [0, 0.1) is 0 Å². The number of carbonyl (C=O) groups is 1. The number of rotatable bonds is 4. The molecule has 0 aliphatic heterocycles. The largest absolute Gasteiger partial charge is 0.323 e. The molecule has 132 valence electrons. The van der Waals surface area contributed by atoms with Crippen molar-refractivity contribution < 1.29 is 17.8 Å². The summed E-state index contributed by atoms with van der Waals surface area (Å²) in [7, 11) is -4.36. The molecule has 3 aromatic carbocycles. The first-order valence-corrected chi connectivity index (χ1v) is 9.17. The van der Waals surface area contributed by atoms with Gasteiger partial charge in [0, 0.05) is 16.9 Å². The Hall–Kier alpha value is -3.16. The minimum absolute atomic E-state index is 0.189. The van der Waals surface area contributed by atoms with Crippen LogP contribution in [-0.2, 0) is 10.1 Å². The zero-order chi connectivity index (χ0) is 18.6. The van der Waals surface area contributed by atoms with E-state index in [0.717, 1.165) is 0 Å². The molecule has 3 rings (SSSR count). The fourth-order valence-corrected chi connectivity index (χ4v) is 3.22. The molecule has 0 saturated carbocycles. The summed E-state index contributed by atoms with van der Waals surface area (Å²) < 4.78 is 32.5. The summed E-state index contributed by atoms with van der Waals surface area (Å²) in [5, 5.41) is 5.40. The summed E-state index contributed by atoms with van der Waals surface area (Å²) in [6.07, 6.45) is 0. The Labute approximate surface area is 151 Å². The normalized spacial score (nSPS) is 11.0. The second kappa shape index (κ2) is 7.38. The first-order valence-electron chi connectivity index (χ1n) is 7.73. The summed E-state index contributed by atoms with van der Waals surface area (Å²) in [4.78, 5) is 11.9. The molecular formula is C19H16N2O4S. The van der Waals surface area contributed by atoms with Crippen LogP contribution in [0.1, 0.15) is 0 Å². The quantitative estimate of drug-likeness (QED) is 0.600. The second-order valence-corrected chi connectivity index (χ2v) is 6.89. The molecule has 0 spiro atoms. The fraction of sp³-hybridized carbons (Fsp3) is 0. The maximum atomic E-state index is 12.1. The third kappa shape index (κ3) is 4.27. The van der Waals surface area contributed by atoms with Crippen LogP contribution in [0.3, 0.4) is 0 Å². The first-order chi connectivity index (χ1) is 12.4. The molecule has 0 aliphatic carbocycles. The van der Waals surface area contributed by atoms with E-state index in [4.69, 9.17) is 0 Å². The number of benzene rings is 3. The molecular weight excluding hydrogens is 352 g/mol. The van der Waals surface area contributed by atoms with Crippen LogP contribution in [0.5, 0.6) is 0 Å². The van der Waals surface area contributed by atoms with E-state index >= 15 is 0 Å². The highest BCUT2D eigenvalue weighted by Crippen LogP contribution is 2.29. The summed E-state index contributed by atoms with van der Waals surface area (Å²) in [6.45, 7) is 0. The van der Waals surface area contributed by atoms with Crippen LogP contribution in [0.2, 0.25) is 0 Å². The molecule has 0 radical (unpaired) electrons. The second-order valence-electron chi connectivity index (χ2n) is 5.50. The zero-order valence-electron chi connectivity index (χ0n) is 13.6. The van der Waals surface area contributed by atoms with Crippen molar-refractivity contribution in [3.8, 4) is 11.1 Å². The average Bonchev–Trinajstić information content (AvgIpc) is 2.62. The van der Waals surface area contributed by atoms with E-state index in [9.17, 15) is 17.8 Å². The van der Waals surface area contributed by atoms with Crippen molar-refractivity contribution in [1.29, 1.82) is 0 Å². The summed E-state index contributed by atoms with van der Waals surface area (Å²) in [5.74, 6) is 0. The van der Waals surface area contributed by atoms with Gasteiger partial charge in [-0.05, 0) is 35.9 Å². The molecule has 3 N–H and O–H groups in total. The summed E-state index contributed by atoms with van der Waals surface area (Å²) in [5.41, 5.74) is 2.04. The summed E-state index contributed by atoms with van der Waals surface area (Å²) in [6, 6.07) is 21.4. The van der Waals surface area contributed by atoms with E-state index < -0.39 is 16.1 Å². The van der Waals surface area contributed by atoms with E-state index in [1.807, 2.05) is 18.2 Å². The molecule has 2 amide bonds. The van der Waals surface area contributed by atoms with E-state index in [-0.39, 0.29) is 4.90 Å². The van der Waals surface area contributed by atoms with Crippen LogP contribution in [0.25, 0.3) is 11.1 Å². The highest BCUT2D eigenvalue weighted by atomic mass is 32.2. The molecule has 0 aliphatic rings. The monoisotopic (exact) mass is 368 g/mol. The smallest absolute Gasteiger partial charge is 0.308 e. The van der Waals surface area contributed by atoms with Crippen LogP contribution in [0.15, 0.2) is 83.8 Å². The van der Waals surface area contributed by atoms with Gasteiger partial charge in [-0.3, -0.25) is 4.55 Å². The number of urea groups is 1. The van der Waals surface area contributed by atoms with Gasteiger partial charge in [-0.1, -0.05) is 48.5 Å². The number of carbonyl (C=O) groups excluding carboxylic acids is 1. The highest BCUT2D eigenvalue weighted by molar-refractivity contribution is 7.86. The molecule has 0 atom stereocenters. The van der Waals surface area contributed by atoms with Gasteiger partial charge in [-0.2, -0.15) is 8.42 Å². The Morgan fingerprint density at radius 1 is 0.769 bits per heavy atom. The Bertz CT molecular complexity index is 1030. The fourth-order valence-electron chi connectivity index (χ4n) is 2.51. The first kappa shape index (κ1) is 17.7. The van der Waals surface area contributed by atoms with E-state index in [0.29, 0.717) is 22.5 Å². The molecule has 0 saturated heterocycles. The van der Waals surface area contributed by atoms with Crippen molar-refractivity contribution >= 4 is 27.5 Å². The van der Waals surface area contributed by atoms with Gasteiger partial charge in [0.1, 0.15) is 4.90 Å². The van der Waals surface area contributed by atoms with Crippen LogP contribution < -0.4 is 10.6 Å². The number of hydrogen-bond donors (Lipinski definition) is 3. The maximum Gasteiger partial charge on any atom is 0.323 e. The molecule has 6 nitrogen and oxygen atoms in total. The minimum atomic E-state index is -4.36. The number of nitrogens with one attached hydrogen (secondary N) is 2. The van der Waals surface area contributed by atoms with Gasteiger partial charge < -0.3 is 10.6 Å². The molecule has 0 bridgehead atoms. The number of anilines is 2. The van der Waals surface area contributed by atoms with Gasteiger partial charge >= 0.3 is 6.03 Å². The highest BCUT2D eigenvalue weighted by Gasteiger charge is 2.16. The SMILES string of the molecule is O=C(Nc1ccccc1)Nc1cccc(-c2ccccc2S(=O)(=O)O)c1. The lowest BCUT2D eigenvalue weighted by Crippen LogP contribution is -2.19.